The molecule has 0 aliphatic carbocycles. The highest BCUT2D eigenvalue weighted by Gasteiger charge is 2.33. The van der Waals surface area contributed by atoms with Gasteiger partial charge in [-0.15, -0.1) is 11.7 Å². The van der Waals surface area contributed by atoms with Gasteiger partial charge in [0.1, 0.15) is 11.3 Å². The molecule has 3 heterocycles. The van der Waals surface area contributed by atoms with Gasteiger partial charge < -0.3 is 23.9 Å². The SMILES string of the molecule is C=CC(NC(=C)N=c1c(C(C)C)ccc(O[C@@H](C)C(C)(F)F)n1C)C1CCN(c2nnc(C)o2)C1. The maximum atomic E-state index is 13.7. The number of pyridine rings is 1. The lowest BCUT2D eigenvalue weighted by molar-refractivity contribution is -0.0744. The molecule has 2 aromatic heterocycles. The van der Waals surface area contributed by atoms with E-state index in [0.29, 0.717) is 29.1 Å². The molecule has 0 bridgehead atoms. The molecule has 0 aromatic carbocycles. The Morgan fingerprint density at radius 1 is 1.34 bits per heavy atom. The van der Waals surface area contributed by atoms with Crippen LogP contribution in [0.1, 0.15) is 51.5 Å². The van der Waals surface area contributed by atoms with Gasteiger partial charge in [0.25, 0.3) is 5.92 Å². The lowest BCUT2D eigenvalue weighted by Gasteiger charge is -2.24. The number of nitrogens with zero attached hydrogens (tertiary/aromatic N) is 5. The zero-order chi connectivity index (χ0) is 25.9. The average molecular weight is 491 g/mol. The molecule has 0 saturated carbocycles. The summed E-state index contributed by atoms with van der Waals surface area (Å²) in [6.45, 7) is 17.7. The first kappa shape index (κ1) is 26.4. The second-order valence-corrected chi connectivity index (χ2v) is 9.44. The van der Waals surface area contributed by atoms with E-state index in [2.05, 4.69) is 33.6 Å². The first-order valence-electron chi connectivity index (χ1n) is 11.8. The quantitative estimate of drug-likeness (QED) is 0.500. The van der Waals surface area contributed by atoms with E-state index in [1.807, 2.05) is 26.0 Å². The number of ether oxygens (including phenoxy) is 1. The van der Waals surface area contributed by atoms with Crippen LogP contribution in [0.2, 0.25) is 0 Å². The van der Waals surface area contributed by atoms with Crippen molar-refractivity contribution in [1.29, 1.82) is 0 Å². The van der Waals surface area contributed by atoms with Crippen LogP contribution in [0, 0.1) is 12.8 Å². The van der Waals surface area contributed by atoms with Crippen LogP contribution >= 0.6 is 0 Å². The second kappa shape index (κ2) is 10.6. The molecule has 8 nitrogen and oxygen atoms in total. The van der Waals surface area contributed by atoms with Crippen LogP contribution < -0.4 is 20.4 Å². The van der Waals surface area contributed by atoms with E-state index in [1.165, 1.54) is 6.92 Å². The van der Waals surface area contributed by atoms with Gasteiger partial charge >= 0.3 is 6.01 Å². The van der Waals surface area contributed by atoms with E-state index in [0.717, 1.165) is 32.0 Å². The summed E-state index contributed by atoms with van der Waals surface area (Å²) in [5.74, 6) is -1.29. The first-order valence-corrected chi connectivity index (χ1v) is 11.8. The standard InChI is InChI=1S/C25H36F2N6O2/c1-9-21(19-12-13-33(14-19)24-31-30-18(6)35-24)28-17(5)29-23-20(15(2)3)10-11-22(32(23)8)34-16(4)25(7,26)27/h9-11,15-16,19,21,28H,1,5,12-14H2,2-4,6-8H3/t16-,19?,21?/m0/s1. The molecule has 1 aliphatic rings. The van der Waals surface area contributed by atoms with Gasteiger partial charge in [-0.25, -0.2) is 13.8 Å². The van der Waals surface area contributed by atoms with E-state index < -0.39 is 12.0 Å². The Kier molecular flexibility index (Phi) is 8.02. The van der Waals surface area contributed by atoms with Crippen LogP contribution in [-0.2, 0) is 7.05 Å². The maximum Gasteiger partial charge on any atom is 0.318 e. The molecule has 10 heteroatoms. The highest BCUT2D eigenvalue weighted by molar-refractivity contribution is 5.27. The summed E-state index contributed by atoms with van der Waals surface area (Å²) < 4.78 is 40.2. The van der Waals surface area contributed by atoms with E-state index in [4.69, 9.17) is 14.1 Å². The summed E-state index contributed by atoms with van der Waals surface area (Å²) in [6.07, 6.45) is 1.48. The minimum Gasteiger partial charge on any atom is -0.469 e. The largest absolute Gasteiger partial charge is 0.469 e. The average Bonchev–Trinajstić information content (AvgIpc) is 3.43. The predicted molar refractivity (Wildman–Crippen MR) is 131 cm³/mol. The fourth-order valence-electron chi connectivity index (χ4n) is 4.03. The normalized spacial score (nSPS) is 18.6. The highest BCUT2D eigenvalue weighted by Crippen LogP contribution is 2.26. The van der Waals surface area contributed by atoms with Crippen LogP contribution in [0.25, 0.3) is 0 Å². The van der Waals surface area contributed by atoms with Crippen LogP contribution in [0.5, 0.6) is 5.88 Å². The zero-order valence-corrected chi connectivity index (χ0v) is 21.4. The third-order valence-electron chi connectivity index (χ3n) is 6.29. The van der Waals surface area contributed by atoms with Gasteiger partial charge in [0.05, 0.1) is 6.04 Å². The number of anilines is 1. The van der Waals surface area contributed by atoms with Crippen LogP contribution in [0.4, 0.5) is 14.8 Å². The Labute approximate surface area is 205 Å². The molecule has 3 rings (SSSR count). The predicted octanol–water partition coefficient (Wildman–Crippen LogP) is 4.31. The Hall–Kier alpha value is -3.17. The van der Waals surface area contributed by atoms with Crippen molar-refractivity contribution in [1.82, 2.24) is 20.1 Å². The minimum atomic E-state index is -2.97. The van der Waals surface area contributed by atoms with Crippen molar-refractivity contribution >= 4 is 6.01 Å². The molecule has 1 N–H and O–H groups in total. The van der Waals surface area contributed by atoms with E-state index >= 15 is 0 Å². The molecule has 35 heavy (non-hydrogen) atoms. The molecule has 1 fully saturated rings. The number of rotatable bonds is 10. The number of hydrogen-bond acceptors (Lipinski definition) is 7. The minimum absolute atomic E-state index is 0.0775. The fraction of sp³-hybridized carbons (Fsp3) is 0.560. The van der Waals surface area contributed by atoms with Crippen molar-refractivity contribution in [3.63, 3.8) is 0 Å². The fourth-order valence-corrected chi connectivity index (χ4v) is 4.03. The molecule has 1 aliphatic heterocycles. The first-order chi connectivity index (χ1) is 16.4. The molecule has 0 spiro atoms. The second-order valence-electron chi connectivity index (χ2n) is 9.44. The van der Waals surface area contributed by atoms with Crippen molar-refractivity contribution in [3.8, 4) is 5.88 Å². The summed E-state index contributed by atoms with van der Waals surface area (Å²) in [5.41, 5.74) is 1.55. The van der Waals surface area contributed by atoms with Gasteiger partial charge in [0, 0.05) is 39.9 Å². The Morgan fingerprint density at radius 2 is 2.06 bits per heavy atom. The summed E-state index contributed by atoms with van der Waals surface area (Å²) in [7, 11) is 1.75. The van der Waals surface area contributed by atoms with Crippen molar-refractivity contribution in [3.05, 3.63) is 54.1 Å². The Balaban J connectivity index is 1.81. The zero-order valence-electron chi connectivity index (χ0n) is 21.4. The third-order valence-corrected chi connectivity index (χ3v) is 6.29. The molecular formula is C25H36F2N6O2. The number of alkyl halides is 2. The number of aromatic nitrogens is 3. The van der Waals surface area contributed by atoms with Crippen molar-refractivity contribution in [2.45, 2.75) is 65.0 Å². The third kappa shape index (κ3) is 6.29. The molecule has 0 amide bonds. The molecule has 0 radical (unpaired) electrons. The number of nitrogens with one attached hydrogen (secondary N) is 1. The van der Waals surface area contributed by atoms with Crippen molar-refractivity contribution < 1.29 is 17.9 Å². The van der Waals surface area contributed by atoms with Crippen LogP contribution in [0.3, 0.4) is 0 Å². The lowest BCUT2D eigenvalue weighted by Crippen LogP contribution is -2.37. The molecular weight excluding hydrogens is 454 g/mol. The molecule has 192 valence electrons. The van der Waals surface area contributed by atoms with Crippen LogP contribution in [0.15, 0.2) is 46.6 Å². The van der Waals surface area contributed by atoms with Gasteiger partial charge in [-0.1, -0.05) is 31.6 Å². The van der Waals surface area contributed by atoms with Crippen LogP contribution in [-0.4, -0.2) is 45.9 Å². The summed E-state index contributed by atoms with van der Waals surface area (Å²) in [6, 6.07) is 4.00. The number of halogens is 2. The summed E-state index contributed by atoms with van der Waals surface area (Å²) >= 11 is 0. The Morgan fingerprint density at radius 3 is 2.63 bits per heavy atom. The smallest absolute Gasteiger partial charge is 0.318 e. The van der Waals surface area contributed by atoms with Crippen molar-refractivity contribution in [2.75, 3.05) is 18.0 Å². The monoisotopic (exact) mass is 490 g/mol. The van der Waals surface area contributed by atoms with Gasteiger partial charge in [0.2, 0.25) is 5.89 Å². The van der Waals surface area contributed by atoms with Gasteiger partial charge in [0.15, 0.2) is 12.0 Å². The van der Waals surface area contributed by atoms with Gasteiger partial charge in [-0.05, 0) is 37.0 Å². The van der Waals surface area contributed by atoms with E-state index in [9.17, 15) is 8.78 Å². The van der Waals surface area contributed by atoms with Gasteiger partial charge in [-0.2, -0.15) is 0 Å². The van der Waals surface area contributed by atoms with E-state index in [1.54, 1.807) is 24.6 Å². The lowest BCUT2D eigenvalue weighted by atomic mass is 9.99. The maximum absolute atomic E-state index is 13.7. The van der Waals surface area contributed by atoms with Gasteiger partial charge in [-0.3, -0.25) is 0 Å². The molecule has 2 aromatic rings. The summed E-state index contributed by atoms with van der Waals surface area (Å²) in [4.78, 5) is 6.80. The Bertz CT molecular complexity index is 1120. The van der Waals surface area contributed by atoms with E-state index in [-0.39, 0.29) is 17.9 Å². The van der Waals surface area contributed by atoms with Crippen molar-refractivity contribution in [2.24, 2.45) is 18.0 Å². The molecule has 3 atom stereocenters. The molecule has 2 unspecified atom stereocenters. The number of hydrogen-bond donors (Lipinski definition) is 1. The summed E-state index contributed by atoms with van der Waals surface area (Å²) in [5, 5.41) is 11.4. The number of aryl methyl sites for hydroxylation is 1. The molecule has 1 saturated heterocycles. The highest BCUT2D eigenvalue weighted by atomic mass is 19.3. The topological polar surface area (TPSA) is 80.7 Å².